The van der Waals surface area contributed by atoms with Gasteiger partial charge in [-0.05, 0) is 32.5 Å². The number of anilines is 1. The fourth-order valence-corrected chi connectivity index (χ4v) is 2.72. The predicted octanol–water partition coefficient (Wildman–Crippen LogP) is 1.94. The second-order valence-corrected chi connectivity index (χ2v) is 5.53. The molecule has 7 heteroatoms. The summed E-state index contributed by atoms with van der Waals surface area (Å²) in [7, 11) is 1.99. The molecule has 2 N–H and O–H groups in total. The monoisotopic (exact) mass is 301 g/mol. The van der Waals surface area contributed by atoms with Gasteiger partial charge in [0.1, 0.15) is 0 Å². The minimum Gasteiger partial charge on any atom is -0.338 e. The number of benzene rings is 1. The van der Waals surface area contributed by atoms with E-state index in [0.29, 0.717) is 11.7 Å². The van der Waals surface area contributed by atoms with Crippen LogP contribution in [0.1, 0.15) is 24.2 Å². The molecule has 2 aromatic rings. The molecule has 1 aromatic heterocycles. The summed E-state index contributed by atoms with van der Waals surface area (Å²) in [5.41, 5.74) is 0.774. The van der Waals surface area contributed by atoms with Crippen LogP contribution in [-0.2, 0) is 0 Å². The van der Waals surface area contributed by atoms with Crippen molar-refractivity contribution in [1.29, 1.82) is 0 Å². The van der Waals surface area contributed by atoms with Crippen LogP contribution in [0.25, 0.3) is 0 Å². The van der Waals surface area contributed by atoms with Crippen LogP contribution in [-0.4, -0.2) is 40.7 Å². The van der Waals surface area contributed by atoms with Crippen molar-refractivity contribution in [1.82, 2.24) is 20.4 Å². The van der Waals surface area contributed by atoms with Gasteiger partial charge in [-0.2, -0.15) is 4.98 Å². The minimum absolute atomic E-state index is 0.0447. The van der Waals surface area contributed by atoms with Gasteiger partial charge < -0.3 is 15.2 Å². The number of likely N-dealkylation sites (N-methyl/N-ethyl adjacent to an activating group) is 1. The fourth-order valence-electron chi connectivity index (χ4n) is 2.72. The number of likely N-dealkylation sites (tertiary alicyclic amines) is 1. The third-order valence-corrected chi connectivity index (χ3v) is 3.74. The number of amides is 2. The van der Waals surface area contributed by atoms with Crippen LogP contribution in [0.5, 0.6) is 0 Å². The molecule has 116 valence electrons. The van der Waals surface area contributed by atoms with Crippen molar-refractivity contribution < 1.29 is 9.32 Å². The highest BCUT2D eigenvalue weighted by molar-refractivity contribution is 5.89. The van der Waals surface area contributed by atoms with Crippen molar-refractivity contribution in [3.8, 4) is 0 Å². The van der Waals surface area contributed by atoms with Crippen LogP contribution < -0.4 is 10.6 Å². The number of rotatable bonds is 3. The number of nitrogens with one attached hydrogen (secondary N) is 2. The summed E-state index contributed by atoms with van der Waals surface area (Å²) < 4.78 is 5.24. The molecular formula is C15H19N5O2. The van der Waals surface area contributed by atoms with Crippen molar-refractivity contribution in [2.45, 2.75) is 25.4 Å². The molecule has 0 aliphatic carbocycles. The first-order valence-corrected chi connectivity index (χ1v) is 7.25. The maximum atomic E-state index is 12.0. The van der Waals surface area contributed by atoms with Gasteiger partial charge in [-0.15, -0.1) is 0 Å². The Morgan fingerprint density at radius 1 is 1.36 bits per heavy atom. The first-order valence-electron chi connectivity index (χ1n) is 7.25. The molecule has 0 spiro atoms. The Kier molecular flexibility index (Phi) is 4.06. The molecule has 1 aromatic carbocycles. The van der Waals surface area contributed by atoms with Crippen LogP contribution in [0.3, 0.4) is 0 Å². The maximum Gasteiger partial charge on any atom is 0.319 e. The molecule has 2 unspecified atom stereocenters. The summed E-state index contributed by atoms with van der Waals surface area (Å²) in [4.78, 5) is 18.4. The molecular weight excluding hydrogens is 282 g/mol. The highest BCUT2D eigenvalue weighted by atomic mass is 16.5. The van der Waals surface area contributed by atoms with Gasteiger partial charge in [0.15, 0.2) is 5.82 Å². The molecule has 1 aliphatic heterocycles. The Morgan fingerprint density at radius 3 is 2.82 bits per heavy atom. The highest BCUT2D eigenvalue weighted by Gasteiger charge is 2.34. The molecule has 22 heavy (non-hydrogen) atoms. The van der Waals surface area contributed by atoms with Gasteiger partial charge >= 0.3 is 6.03 Å². The molecule has 2 atom stereocenters. The van der Waals surface area contributed by atoms with Gasteiger partial charge in [0.25, 0.3) is 0 Å². The average molecular weight is 301 g/mol. The number of aryl methyl sites for hydroxylation is 1. The summed E-state index contributed by atoms with van der Waals surface area (Å²) in [5, 5.41) is 9.63. The summed E-state index contributed by atoms with van der Waals surface area (Å²) in [6.45, 7) is 2.54. The number of urea groups is 1. The summed E-state index contributed by atoms with van der Waals surface area (Å²) in [5.74, 6) is 1.23. The topological polar surface area (TPSA) is 83.3 Å². The zero-order valence-electron chi connectivity index (χ0n) is 12.6. The van der Waals surface area contributed by atoms with Crippen molar-refractivity contribution in [3.63, 3.8) is 0 Å². The van der Waals surface area contributed by atoms with Crippen LogP contribution in [0.15, 0.2) is 34.9 Å². The standard InChI is InChI=1S/C15H19N5O2/c1-10-16-14(22-19-10)13-8-12(9-20(13)2)18-15(21)17-11-6-4-3-5-7-11/h3-7,12-13H,8-9H2,1-2H3,(H2,17,18,21). The van der Waals surface area contributed by atoms with E-state index in [9.17, 15) is 4.79 Å². The Bertz CT molecular complexity index is 642. The Hall–Kier alpha value is -2.41. The lowest BCUT2D eigenvalue weighted by Gasteiger charge is -2.14. The zero-order valence-corrected chi connectivity index (χ0v) is 12.6. The SMILES string of the molecule is Cc1noc(C2CC(NC(=O)Nc3ccccc3)CN2C)n1. The highest BCUT2D eigenvalue weighted by Crippen LogP contribution is 2.29. The van der Waals surface area contributed by atoms with Gasteiger partial charge in [-0.25, -0.2) is 4.79 Å². The quantitative estimate of drug-likeness (QED) is 0.905. The minimum atomic E-state index is -0.202. The largest absolute Gasteiger partial charge is 0.338 e. The zero-order chi connectivity index (χ0) is 15.5. The fraction of sp³-hybridized carbons (Fsp3) is 0.400. The van der Waals surface area contributed by atoms with E-state index >= 15 is 0 Å². The lowest BCUT2D eigenvalue weighted by atomic mass is 10.1. The lowest BCUT2D eigenvalue weighted by molar-refractivity contribution is 0.243. The second kappa shape index (κ2) is 6.15. The second-order valence-electron chi connectivity index (χ2n) is 5.53. The van der Waals surface area contributed by atoms with Crippen molar-refractivity contribution in [2.24, 2.45) is 0 Å². The van der Waals surface area contributed by atoms with Crippen LogP contribution in [0.2, 0.25) is 0 Å². The van der Waals surface area contributed by atoms with E-state index in [1.54, 1.807) is 6.92 Å². The smallest absolute Gasteiger partial charge is 0.319 e. The molecule has 3 rings (SSSR count). The number of hydrogen-bond acceptors (Lipinski definition) is 5. The summed E-state index contributed by atoms with van der Waals surface area (Å²) >= 11 is 0. The number of para-hydroxylation sites is 1. The van der Waals surface area contributed by atoms with Gasteiger partial charge in [-0.1, -0.05) is 23.4 Å². The third-order valence-electron chi connectivity index (χ3n) is 3.74. The van der Waals surface area contributed by atoms with E-state index in [1.807, 2.05) is 37.4 Å². The molecule has 1 fully saturated rings. The Morgan fingerprint density at radius 2 is 2.14 bits per heavy atom. The van der Waals surface area contributed by atoms with E-state index < -0.39 is 0 Å². The predicted molar refractivity (Wildman–Crippen MR) is 81.4 cm³/mol. The maximum absolute atomic E-state index is 12.0. The first-order chi connectivity index (χ1) is 10.6. The van der Waals surface area contributed by atoms with E-state index in [0.717, 1.165) is 18.7 Å². The molecule has 1 aliphatic rings. The van der Waals surface area contributed by atoms with Gasteiger partial charge in [-0.3, -0.25) is 4.90 Å². The van der Waals surface area contributed by atoms with Gasteiger partial charge in [0, 0.05) is 18.3 Å². The summed E-state index contributed by atoms with van der Waals surface area (Å²) in [6.07, 6.45) is 0.750. The molecule has 1 saturated heterocycles. The van der Waals surface area contributed by atoms with Crippen molar-refractivity contribution in [3.05, 3.63) is 42.0 Å². The molecule has 2 amide bonds. The normalized spacial score (nSPS) is 21.7. The molecule has 0 radical (unpaired) electrons. The third kappa shape index (κ3) is 3.25. The van der Waals surface area contributed by atoms with E-state index in [-0.39, 0.29) is 18.1 Å². The first kappa shape index (κ1) is 14.5. The Labute approximate surface area is 128 Å². The number of carbonyl (C=O) groups excluding carboxylic acids is 1. The number of nitrogens with zero attached hydrogens (tertiary/aromatic N) is 3. The number of carbonyl (C=O) groups is 1. The van der Waals surface area contributed by atoms with Crippen LogP contribution in [0, 0.1) is 6.92 Å². The molecule has 7 nitrogen and oxygen atoms in total. The van der Waals surface area contributed by atoms with Gasteiger partial charge in [0.05, 0.1) is 6.04 Å². The molecule has 0 bridgehead atoms. The Balaban J connectivity index is 1.57. The number of hydrogen-bond donors (Lipinski definition) is 2. The van der Waals surface area contributed by atoms with E-state index in [1.165, 1.54) is 0 Å². The van der Waals surface area contributed by atoms with Crippen molar-refractivity contribution >= 4 is 11.7 Å². The molecule has 0 saturated carbocycles. The van der Waals surface area contributed by atoms with Crippen LogP contribution >= 0.6 is 0 Å². The van der Waals surface area contributed by atoms with E-state index in [2.05, 4.69) is 25.7 Å². The summed E-state index contributed by atoms with van der Waals surface area (Å²) in [6, 6.07) is 9.27. The van der Waals surface area contributed by atoms with Crippen LogP contribution in [0.4, 0.5) is 10.5 Å². The van der Waals surface area contributed by atoms with Gasteiger partial charge in [0.2, 0.25) is 5.89 Å². The average Bonchev–Trinajstić information content (AvgIpc) is 3.06. The number of aromatic nitrogens is 2. The van der Waals surface area contributed by atoms with Crippen molar-refractivity contribution in [2.75, 3.05) is 18.9 Å². The molecule has 2 heterocycles. The lowest BCUT2D eigenvalue weighted by Crippen LogP contribution is -2.39. The van der Waals surface area contributed by atoms with E-state index in [4.69, 9.17) is 4.52 Å².